The third-order valence-electron chi connectivity index (χ3n) is 2.37. The van der Waals surface area contributed by atoms with Crippen molar-refractivity contribution in [2.24, 2.45) is 0 Å². The summed E-state index contributed by atoms with van der Waals surface area (Å²) >= 11 is 0. The molecule has 78 valence electrons. The maximum Gasteiger partial charge on any atom is 0.108 e. The summed E-state index contributed by atoms with van der Waals surface area (Å²) in [6, 6.07) is 7.90. The second-order valence-corrected chi connectivity index (χ2v) is 3.67. The van der Waals surface area contributed by atoms with E-state index in [2.05, 4.69) is 9.97 Å². The first-order valence-corrected chi connectivity index (χ1v) is 4.98. The van der Waals surface area contributed by atoms with Gasteiger partial charge >= 0.3 is 0 Å². The Kier molecular flexibility index (Phi) is 2.83. The minimum absolute atomic E-state index is 0.490. The van der Waals surface area contributed by atoms with E-state index >= 15 is 0 Å². The lowest BCUT2D eigenvalue weighted by molar-refractivity contribution is 0.176. The highest BCUT2D eigenvalue weighted by Crippen LogP contribution is 2.17. The van der Waals surface area contributed by atoms with E-state index < -0.39 is 6.10 Å². The van der Waals surface area contributed by atoms with Crippen LogP contribution in [0.2, 0.25) is 0 Å². The average molecular weight is 202 g/mol. The maximum absolute atomic E-state index is 9.96. The van der Waals surface area contributed by atoms with Crippen molar-refractivity contribution in [2.75, 3.05) is 0 Å². The predicted molar refractivity (Wildman–Crippen MR) is 58.4 cm³/mol. The molecule has 2 aromatic rings. The molecule has 0 fully saturated rings. The molecule has 2 rings (SSSR count). The monoisotopic (exact) mass is 202 g/mol. The molecule has 1 aromatic carbocycles. The molecule has 0 amide bonds. The van der Waals surface area contributed by atoms with Crippen LogP contribution < -0.4 is 0 Å². The van der Waals surface area contributed by atoms with Gasteiger partial charge in [0, 0.05) is 18.8 Å². The number of benzene rings is 1. The van der Waals surface area contributed by atoms with E-state index in [9.17, 15) is 5.11 Å². The quantitative estimate of drug-likeness (QED) is 0.799. The van der Waals surface area contributed by atoms with E-state index in [1.807, 2.05) is 31.2 Å². The van der Waals surface area contributed by atoms with Gasteiger partial charge in [-0.2, -0.15) is 0 Å². The second kappa shape index (κ2) is 4.28. The lowest BCUT2D eigenvalue weighted by atomic mass is 10.0. The molecule has 0 bridgehead atoms. The van der Waals surface area contributed by atoms with E-state index in [1.54, 1.807) is 12.4 Å². The first-order chi connectivity index (χ1) is 7.25. The first-order valence-electron chi connectivity index (χ1n) is 4.98. The number of H-pyrrole nitrogens is 1. The number of aliphatic hydroxyl groups excluding tert-OH is 1. The summed E-state index contributed by atoms with van der Waals surface area (Å²) in [7, 11) is 0. The van der Waals surface area contributed by atoms with Gasteiger partial charge in [0.15, 0.2) is 0 Å². The minimum atomic E-state index is -0.490. The molecular weight excluding hydrogens is 188 g/mol. The molecule has 3 heteroatoms. The zero-order valence-corrected chi connectivity index (χ0v) is 8.64. The molecule has 0 aliphatic carbocycles. The molecule has 1 heterocycles. The molecule has 0 aliphatic rings. The summed E-state index contributed by atoms with van der Waals surface area (Å²) < 4.78 is 0. The number of nitrogens with zero attached hydrogens (tertiary/aromatic N) is 1. The van der Waals surface area contributed by atoms with Gasteiger partial charge in [-0.15, -0.1) is 0 Å². The Morgan fingerprint density at radius 2 is 2.33 bits per heavy atom. The van der Waals surface area contributed by atoms with E-state index in [0.717, 1.165) is 17.0 Å². The lowest BCUT2D eigenvalue weighted by Gasteiger charge is -2.09. The topological polar surface area (TPSA) is 48.9 Å². The predicted octanol–water partition coefficient (Wildman–Crippen LogP) is 1.99. The molecule has 0 radical (unpaired) electrons. The van der Waals surface area contributed by atoms with Gasteiger partial charge in [0.25, 0.3) is 0 Å². The number of aromatic amines is 1. The normalized spacial score (nSPS) is 12.7. The van der Waals surface area contributed by atoms with Gasteiger partial charge in [-0.25, -0.2) is 4.98 Å². The largest absolute Gasteiger partial charge is 0.388 e. The Balaban J connectivity index is 2.11. The third-order valence-corrected chi connectivity index (χ3v) is 2.37. The average Bonchev–Trinajstić information content (AvgIpc) is 2.70. The highest BCUT2D eigenvalue weighted by atomic mass is 16.3. The Morgan fingerprint density at radius 3 is 3.00 bits per heavy atom. The second-order valence-electron chi connectivity index (χ2n) is 3.67. The smallest absolute Gasteiger partial charge is 0.108 e. The standard InChI is InChI=1S/C12H14N2O/c1-9-3-2-4-10(7-9)11(15)8-12-13-5-6-14-12/h2-7,11,15H,8H2,1H3,(H,13,14). The van der Waals surface area contributed by atoms with E-state index in [1.165, 1.54) is 0 Å². The fraction of sp³-hybridized carbons (Fsp3) is 0.250. The number of aryl methyl sites for hydroxylation is 1. The van der Waals surface area contributed by atoms with Gasteiger partial charge in [0.05, 0.1) is 6.10 Å². The van der Waals surface area contributed by atoms with Gasteiger partial charge in [-0.05, 0) is 12.5 Å². The van der Waals surface area contributed by atoms with Crippen molar-refractivity contribution in [3.05, 3.63) is 53.6 Å². The van der Waals surface area contributed by atoms with E-state index in [0.29, 0.717) is 6.42 Å². The van der Waals surface area contributed by atoms with Crippen molar-refractivity contribution in [3.63, 3.8) is 0 Å². The Morgan fingerprint density at radius 1 is 1.47 bits per heavy atom. The summed E-state index contributed by atoms with van der Waals surface area (Å²) in [5.74, 6) is 0.809. The summed E-state index contributed by atoms with van der Waals surface area (Å²) in [5, 5.41) is 9.96. The summed E-state index contributed by atoms with van der Waals surface area (Å²) in [4.78, 5) is 7.07. The van der Waals surface area contributed by atoms with Gasteiger partial charge in [0.2, 0.25) is 0 Å². The van der Waals surface area contributed by atoms with E-state index in [-0.39, 0.29) is 0 Å². The van der Waals surface area contributed by atoms with Crippen molar-refractivity contribution in [3.8, 4) is 0 Å². The molecular formula is C12H14N2O. The highest BCUT2D eigenvalue weighted by molar-refractivity contribution is 5.24. The number of imidazole rings is 1. The molecule has 0 saturated heterocycles. The molecule has 0 saturated carbocycles. The molecule has 15 heavy (non-hydrogen) atoms. The minimum Gasteiger partial charge on any atom is -0.388 e. The molecule has 1 unspecified atom stereocenters. The van der Waals surface area contributed by atoms with Crippen molar-refractivity contribution < 1.29 is 5.11 Å². The van der Waals surface area contributed by atoms with Crippen LogP contribution in [-0.2, 0) is 6.42 Å². The summed E-state index contributed by atoms with van der Waals surface area (Å²) in [6.45, 7) is 2.02. The molecule has 0 spiro atoms. The third kappa shape index (κ3) is 2.44. The zero-order chi connectivity index (χ0) is 10.7. The lowest BCUT2D eigenvalue weighted by Crippen LogP contribution is -2.03. The van der Waals surface area contributed by atoms with Crippen molar-refractivity contribution >= 4 is 0 Å². The fourth-order valence-electron chi connectivity index (χ4n) is 1.59. The maximum atomic E-state index is 9.96. The van der Waals surface area contributed by atoms with Gasteiger partial charge in [0.1, 0.15) is 5.82 Å². The Labute approximate surface area is 88.8 Å². The van der Waals surface area contributed by atoms with Crippen molar-refractivity contribution in [1.82, 2.24) is 9.97 Å². The summed E-state index contributed by atoms with van der Waals surface area (Å²) in [5.41, 5.74) is 2.09. The fourth-order valence-corrected chi connectivity index (χ4v) is 1.59. The number of aliphatic hydroxyl groups is 1. The van der Waals surface area contributed by atoms with Crippen LogP contribution in [0.4, 0.5) is 0 Å². The number of hydrogen-bond acceptors (Lipinski definition) is 2. The summed E-state index contributed by atoms with van der Waals surface area (Å²) in [6.07, 6.45) is 3.49. The Bertz CT molecular complexity index is 423. The van der Waals surface area contributed by atoms with Crippen LogP contribution in [0.1, 0.15) is 23.1 Å². The highest BCUT2D eigenvalue weighted by Gasteiger charge is 2.09. The SMILES string of the molecule is Cc1cccc(C(O)Cc2ncc[nH]2)c1. The number of rotatable bonds is 3. The number of hydrogen-bond donors (Lipinski definition) is 2. The van der Waals surface area contributed by atoms with Crippen LogP contribution in [-0.4, -0.2) is 15.1 Å². The van der Waals surface area contributed by atoms with Crippen molar-refractivity contribution in [1.29, 1.82) is 0 Å². The molecule has 1 atom stereocenters. The van der Waals surface area contributed by atoms with Crippen LogP contribution in [0.5, 0.6) is 0 Å². The van der Waals surface area contributed by atoms with Gasteiger partial charge in [-0.1, -0.05) is 29.8 Å². The number of aromatic nitrogens is 2. The van der Waals surface area contributed by atoms with Crippen LogP contribution in [0.15, 0.2) is 36.7 Å². The molecule has 3 nitrogen and oxygen atoms in total. The van der Waals surface area contributed by atoms with Crippen molar-refractivity contribution in [2.45, 2.75) is 19.4 Å². The van der Waals surface area contributed by atoms with Gasteiger partial charge in [-0.3, -0.25) is 0 Å². The van der Waals surface area contributed by atoms with Crippen LogP contribution >= 0.6 is 0 Å². The van der Waals surface area contributed by atoms with Crippen LogP contribution in [0.3, 0.4) is 0 Å². The van der Waals surface area contributed by atoms with Crippen LogP contribution in [0, 0.1) is 6.92 Å². The van der Waals surface area contributed by atoms with Gasteiger partial charge < -0.3 is 10.1 Å². The zero-order valence-electron chi connectivity index (χ0n) is 8.64. The van der Waals surface area contributed by atoms with E-state index in [4.69, 9.17) is 0 Å². The Hall–Kier alpha value is -1.61. The van der Waals surface area contributed by atoms with Crippen LogP contribution in [0.25, 0.3) is 0 Å². The number of nitrogens with one attached hydrogen (secondary N) is 1. The molecule has 0 aliphatic heterocycles. The first kappa shape index (κ1) is 9.93. The molecule has 2 N–H and O–H groups in total. The molecule has 1 aromatic heterocycles.